The first-order valence-corrected chi connectivity index (χ1v) is 7.99. The number of nitrogens with one attached hydrogen (secondary N) is 1. The summed E-state index contributed by atoms with van der Waals surface area (Å²) in [4.78, 5) is 9.18. The lowest BCUT2D eigenvalue weighted by atomic mass is 10.4. The molecule has 19 heavy (non-hydrogen) atoms. The quantitative estimate of drug-likeness (QED) is 0.906. The van der Waals surface area contributed by atoms with Crippen molar-refractivity contribution < 1.29 is 0 Å². The first-order chi connectivity index (χ1) is 9.36. The highest BCUT2D eigenvalue weighted by Gasteiger charge is 2.19. The molecule has 0 saturated heterocycles. The van der Waals surface area contributed by atoms with Gasteiger partial charge in [0, 0.05) is 24.2 Å². The molecule has 0 atom stereocenters. The number of hydrogen-bond acceptors (Lipinski definition) is 4. The molecule has 5 heteroatoms. The molecule has 2 heterocycles. The monoisotopic (exact) mass is 276 g/mol. The van der Waals surface area contributed by atoms with E-state index in [9.17, 15) is 0 Å². The minimum Gasteiger partial charge on any atom is -0.369 e. The Morgan fingerprint density at radius 1 is 1.42 bits per heavy atom. The fourth-order valence-corrected chi connectivity index (χ4v) is 3.78. The molecule has 4 nitrogen and oxygen atoms in total. The molecule has 0 aliphatic heterocycles. The summed E-state index contributed by atoms with van der Waals surface area (Å²) in [6, 6.07) is 0. The maximum Gasteiger partial charge on any atom is 0.169 e. The summed E-state index contributed by atoms with van der Waals surface area (Å²) in [5, 5.41) is 5.15. The highest BCUT2D eigenvalue weighted by molar-refractivity contribution is 8.00. The topological polar surface area (TPSA) is 42.2 Å². The Labute approximate surface area is 118 Å². The maximum absolute atomic E-state index is 4.74. The predicted molar refractivity (Wildman–Crippen MR) is 79.9 cm³/mol. The first-order valence-electron chi connectivity index (χ1n) is 7.11. The van der Waals surface area contributed by atoms with Crippen molar-refractivity contribution >= 4 is 23.2 Å². The summed E-state index contributed by atoms with van der Waals surface area (Å²) >= 11 is 1.90. The van der Waals surface area contributed by atoms with E-state index in [0.717, 1.165) is 34.7 Å². The lowest BCUT2D eigenvalue weighted by Gasteiger charge is -2.11. The van der Waals surface area contributed by atoms with Crippen molar-refractivity contribution in [3.05, 3.63) is 18.6 Å². The lowest BCUT2D eigenvalue weighted by molar-refractivity contribution is 0.886. The fourth-order valence-electron chi connectivity index (χ4n) is 2.48. The van der Waals surface area contributed by atoms with Crippen molar-refractivity contribution in [1.82, 2.24) is 14.4 Å². The Hall–Kier alpha value is -1.23. The molecule has 0 unspecified atom stereocenters. The van der Waals surface area contributed by atoms with Crippen molar-refractivity contribution in [2.24, 2.45) is 0 Å². The van der Waals surface area contributed by atoms with Crippen molar-refractivity contribution in [3.8, 4) is 0 Å². The van der Waals surface area contributed by atoms with Crippen molar-refractivity contribution in [1.29, 1.82) is 0 Å². The smallest absolute Gasteiger partial charge is 0.169 e. The molecule has 0 spiro atoms. The molecule has 2 aromatic heterocycles. The molecule has 0 amide bonds. The number of imidazole rings is 1. The third-order valence-corrected chi connectivity index (χ3v) is 4.78. The highest BCUT2D eigenvalue weighted by atomic mass is 32.2. The van der Waals surface area contributed by atoms with Gasteiger partial charge in [-0.3, -0.25) is 0 Å². The van der Waals surface area contributed by atoms with Gasteiger partial charge in [0.2, 0.25) is 0 Å². The van der Waals surface area contributed by atoms with Crippen molar-refractivity contribution in [2.45, 2.75) is 49.3 Å². The second-order valence-corrected chi connectivity index (χ2v) is 6.33. The van der Waals surface area contributed by atoms with E-state index in [1.165, 1.54) is 25.7 Å². The van der Waals surface area contributed by atoms with E-state index in [-0.39, 0.29) is 0 Å². The molecule has 1 N–H and O–H groups in total. The van der Waals surface area contributed by atoms with Gasteiger partial charge < -0.3 is 9.72 Å². The van der Waals surface area contributed by atoms with Gasteiger partial charge >= 0.3 is 0 Å². The Morgan fingerprint density at radius 2 is 2.26 bits per heavy atom. The van der Waals surface area contributed by atoms with Crippen molar-refractivity contribution in [2.75, 3.05) is 11.9 Å². The number of rotatable bonds is 5. The zero-order valence-electron chi connectivity index (χ0n) is 11.3. The van der Waals surface area contributed by atoms with Crippen LogP contribution in [-0.2, 0) is 0 Å². The van der Waals surface area contributed by atoms with Gasteiger partial charge in [-0.25, -0.2) is 9.97 Å². The van der Waals surface area contributed by atoms with E-state index in [1.54, 1.807) is 0 Å². The lowest BCUT2D eigenvalue weighted by Crippen LogP contribution is -2.05. The zero-order valence-corrected chi connectivity index (χ0v) is 12.1. The van der Waals surface area contributed by atoms with Gasteiger partial charge in [-0.1, -0.05) is 31.5 Å². The average molecular weight is 276 g/mol. The summed E-state index contributed by atoms with van der Waals surface area (Å²) < 4.78 is 2.07. The summed E-state index contributed by atoms with van der Waals surface area (Å²) in [5.74, 6) is 0.952. The molecule has 1 saturated carbocycles. The van der Waals surface area contributed by atoms with Crippen LogP contribution >= 0.6 is 11.8 Å². The number of thioether (sulfide) groups is 1. The van der Waals surface area contributed by atoms with E-state index < -0.39 is 0 Å². The van der Waals surface area contributed by atoms with E-state index in [4.69, 9.17) is 4.98 Å². The first kappa shape index (κ1) is 12.8. The van der Waals surface area contributed by atoms with Gasteiger partial charge in [-0.2, -0.15) is 0 Å². The van der Waals surface area contributed by atoms with Gasteiger partial charge in [0.1, 0.15) is 10.8 Å². The second kappa shape index (κ2) is 5.82. The Morgan fingerprint density at radius 3 is 3.05 bits per heavy atom. The molecular formula is C14H20N4S. The van der Waals surface area contributed by atoms with Crippen LogP contribution < -0.4 is 5.32 Å². The van der Waals surface area contributed by atoms with Gasteiger partial charge in [0.15, 0.2) is 5.65 Å². The molecule has 1 aliphatic carbocycles. The Balaban J connectivity index is 1.88. The van der Waals surface area contributed by atoms with Crippen molar-refractivity contribution in [3.63, 3.8) is 0 Å². The molecule has 0 bridgehead atoms. The number of hydrogen-bond donors (Lipinski definition) is 1. The maximum atomic E-state index is 4.74. The fraction of sp³-hybridized carbons (Fsp3) is 0.571. The minimum atomic E-state index is 0.717. The summed E-state index contributed by atoms with van der Waals surface area (Å²) in [5.41, 5.74) is 0.985. The molecule has 0 radical (unpaired) electrons. The van der Waals surface area contributed by atoms with Gasteiger partial charge in [-0.05, 0) is 19.3 Å². The number of anilines is 1. The van der Waals surface area contributed by atoms with Crippen LogP contribution in [0.5, 0.6) is 0 Å². The third kappa shape index (κ3) is 2.86. The predicted octanol–water partition coefficient (Wildman–Crippen LogP) is 3.59. The molecule has 102 valence electrons. The summed E-state index contributed by atoms with van der Waals surface area (Å²) in [6.07, 6.45) is 12.3. The zero-order chi connectivity index (χ0) is 13.1. The molecule has 3 rings (SSSR count). The molecule has 1 aliphatic rings. The number of fused-ring (bicyclic) bond motifs is 1. The van der Waals surface area contributed by atoms with Gasteiger partial charge in [0.25, 0.3) is 0 Å². The minimum absolute atomic E-state index is 0.717. The molecule has 1 fully saturated rings. The summed E-state index contributed by atoms with van der Waals surface area (Å²) in [6.45, 7) is 3.12. The largest absolute Gasteiger partial charge is 0.369 e. The third-order valence-electron chi connectivity index (χ3n) is 3.48. The average Bonchev–Trinajstić information content (AvgIpc) is 3.06. The normalized spacial score (nSPS) is 16.3. The van der Waals surface area contributed by atoms with Crippen LogP contribution in [0.2, 0.25) is 0 Å². The van der Waals surface area contributed by atoms with E-state index in [2.05, 4.69) is 21.6 Å². The van der Waals surface area contributed by atoms with Crippen LogP contribution in [0.3, 0.4) is 0 Å². The summed E-state index contributed by atoms with van der Waals surface area (Å²) in [7, 11) is 0. The molecular weight excluding hydrogens is 256 g/mol. The van der Waals surface area contributed by atoms with Gasteiger partial charge in [-0.15, -0.1) is 0 Å². The van der Waals surface area contributed by atoms with E-state index in [1.807, 2.05) is 30.4 Å². The Bertz CT molecular complexity index is 545. The molecule has 0 aromatic carbocycles. The van der Waals surface area contributed by atoms with Crippen LogP contribution in [-0.4, -0.2) is 26.2 Å². The SMILES string of the molecule is CCCNc1cn2ccnc2c(SC2CCCC2)n1. The second-order valence-electron chi connectivity index (χ2n) is 5.04. The van der Waals surface area contributed by atoms with Crippen LogP contribution in [0.4, 0.5) is 5.82 Å². The standard InChI is InChI=1S/C14H20N4S/c1-2-7-15-12-10-18-9-8-16-13(18)14(17-12)19-11-5-3-4-6-11/h8-11,15H,2-7H2,1H3. The van der Waals surface area contributed by atoms with Crippen LogP contribution in [0.1, 0.15) is 39.0 Å². The van der Waals surface area contributed by atoms with Gasteiger partial charge in [0.05, 0.1) is 6.20 Å². The van der Waals surface area contributed by atoms with Crippen LogP contribution in [0.15, 0.2) is 23.6 Å². The number of aromatic nitrogens is 3. The highest BCUT2D eigenvalue weighted by Crippen LogP contribution is 2.35. The van der Waals surface area contributed by atoms with Crippen LogP contribution in [0.25, 0.3) is 5.65 Å². The Kier molecular flexibility index (Phi) is 3.92. The molecule has 2 aromatic rings. The van der Waals surface area contributed by atoms with E-state index >= 15 is 0 Å². The number of nitrogens with zero attached hydrogens (tertiary/aromatic N) is 3. The van der Waals surface area contributed by atoms with Crippen LogP contribution in [0, 0.1) is 0 Å². The van der Waals surface area contributed by atoms with E-state index in [0.29, 0.717) is 0 Å².